The molecule has 0 bridgehead atoms. The topological polar surface area (TPSA) is 46.2 Å². The van der Waals surface area contributed by atoms with Gasteiger partial charge in [-0.3, -0.25) is 0 Å². The maximum Gasteiger partial charge on any atom is 0.216 e. The molecule has 98 valence electrons. The summed E-state index contributed by atoms with van der Waals surface area (Å²) in [5, 5.41) is 0. The van der Waals surface area contributed by atoms with Gasteiger partial charge in [0, 0.05) is 12.4 Å². The Balaban J connectivity index is 4.30. The Labute approximate surface area is 105 Å². The Morgan fingerprint density at radius 2 is 1.81 bits per heavy atom. The maximum absolute atomic E-state index is 11.8. The number of sulfonamides is 1. The third kappa shape index (κ3) is 5.51. The standard InChI is InChI=1S/C11H24ClNO2S/c1-5-6-10(7-8-12)9-13-16(14,15)11(2,3)4/h10,13H,5-9H2,1-4H3. The van der Waals surface area contributed by atoms with Crippen molar-refractivity contribution in [2.45, 2.75) is 51.7 Å². The van der Waals surface area contributed by atoms with E-state index in [-0.39, 0.29) is 0 Å². The van der Waals surface area contributed by atoms with Crippen LogP contribution in [0.5, 0.6) is 0 Å². The minimum absolute atomic E-state index is 0.347. The SMILES string of the molecule is CCCC(CCCl)CNS(=O)(=O)C(C)(C)C. The van der Waals surface area contributed by atoms with Crippen LogP contribution in [-0.2, 0) is 10.0 Å². The minimum Gasteiger partial charge on any atom is -0.215 e. The summed E-state index contributed by atoms with van der Waals surface area (Å²) in [5.74, 6) is 0.932. The molecule has 0 radical (unpaired) electrons. The van der Waals surface area contributed by atoms with Crippen LogP contribution in [0, 0.1) is 5.92 Å². The van der Waals surface area contributed by atoms with Gasteiger partial charge in [0.25, 0.3) is 0 Å². The van der Waals surface area contributed by atoms with Crippen molar-refractivity contribution < 1.29 is 8.42 Å². The summed E-state index contributed by atoms with van der Waals surface area (Å²) < 4.78 is 25.6. The first-order valence-corrected chi connectivity index (χ1v) is 7.81. The Hall–Kier alpha value is 0.200. The van der Waals surface area contributed by atoms with Crippen molar-refractivity contribution in [3.63, 3.8) is 0 Å². The summed E-state index contributed by atoms with van der Waals surface area (Å²) in [6, 6.07) is 0. The Bertz CT molecular complexity index is 277. The lowest BCUT2D eigenvalue weighted by Gasteiger charge is -2.22. The van der Waals surface area contributed by atoms with Crippen LogP contribution in [0.4, 0.5) is 0 Å². The van der Waals surface area contributed by atoms with Gasteiger partial charge in [-0.05, 0) is 39.5 Å². The zero-order chi connectivity index (χ0) is 12.8. The number of alkyl halides is 1. The Morgan fingerprint density at radius 3 is 2.19 bits per heavy atom. The van der Waals surface area contributed by atoms with E-state index in [1.807, 2.05) is 0 Å². The van der Waals surface area contributed by atoms with Crippen LogP contribution >= 0.6 is 11.6 Å². The largest absolute Gasteiger partial charge is 0.216 e. The smallest absolute Gasteiger partial charge is 0.215 e. The molecule has 0 spiro atoms. The normalized spacial score (nSPS) is 15.1. The molecule has 0 aliphatic rings. The lowest BCUT2D eigenvalue weighted by atomic mass is 10.0. The molecule has 0 fully saturated rings. The van der Waals surface area contributed by atoms with Crippen LogP contribution in [0.1, 0.15) is 47.0 Å². The summed E-state index contributed by atoms with van der Waals surface area (Å²) in [6.45, 7) is 7.70. The molecule has 0 aromatic rings. The summed E-state index contributed by atoms with van der Waals surface area (Å²) in [4.78, 5) is 0. The van der Waals surface area contributed by atoms with Gasteiger partial charge >= 0.3 is 0 Å². The molecule has 0 saturated carbocycles. The van der Waals surface area contributed by atoms with Crippen LogP contribution in [0.2, 0.25) is 0 Å². The quantitative estimate of drug-likeness (QED) is 0.723. The fraction of sp³-hybridized carbons (Fsp3) is 1.00. The van der Waals surface area contributed by atoms with Gasteiger partial charge in [-0.15, -0.1) is 11.6 Å². The van der Waals surface area contributed by atoms with Gasteiger partial charge < -0.3 is 0 Å². The van der Waals surface area contributed by atoms with Crippen molar-refractivity contribution in [1.29, 1.82) is 0 Å². The molecule has 0 aliphatic heterocycles. The second-order valence-electron chi connectivity index (χ2n) is 5.10. The van der Waals surface area contributed by atoms with Crippen LogP contribution < -0.4 is 4.72 Å². The highest BCUT2D eigenvalue weighted by Crippen LogP contribution is 2.16. The first-order valence-electron chi connectivity index (χ1n) is 5.79. The molecule has 0 aliphatic carbocycles. The Kier molecular flexibility index (Phi) is 6.90. The summed E-state index contributed by atoms with van der Waals surface area (Å²) in [5.41, 5.74) is 0. The molecule has 0 rings (SSSR count). The number of rotatable bonds is 7. The summed E-state index contributed by atoms with van der Waals surface area (Å²) in [7, 11) is -3.22. The molecular formula is C11H24ClNO2S. The van der Waals surface area contributed by atoms with Gasteiger partial charge in [-0.2, -0.15) is 0 Å². The van der Waals surface area contributed by atoms with Gasteiger partial charge in [0.1, 0.15) is 0 Å². The molecule has 1 atom stereocenters. The number of nitrogens with one attached hydrogen (secondary N) is 1. The molecule has 0 heterocycles. The molecular weight excluding hydrogens is 246 g/mol. The second kappa shape index (κ2) is 6.82. The maximum atomic E-state index is 11.8. The number of hydrogen-bond acceptors (Lipinski definition) is 2. The van der Waals surface area contributed by atoms with Crippen LogP contribution in [-0.4, -0.2) is 25.6 Å². The number of hydrogen-bond donors (Lipinski definition) is 1. The molecule has 1 unspecified atom stereocenters. The fourth-order valence-electron chi connectivity index (χ4n) is 1.36. The van der Waals surface area contributed by atoms with Gasteiger partial charge in [-0.1, -0.05) is 13.3 Å². The highest BCUT2D eigenvalue weighted by Gasteiger charge is 2.28. The molecule has 5 heteroatoms. The van der Waals surface area contributed by atoms with E-state index in [9.17, 15) is 8.42 Å². The van der Waals surface area contributed by atoms with Gasteiger partial charge in [0.2, 0.25) is 10.0 Å². The van der Waals surface area contributed by atoms with Gasteiger partial charge in [0.05, 0.1) is 4.75 Å². The number of halogens is 1. The predicted octanol–water partition coefficient (Wildman–Crippen LogP) is 2.75. The average molecular weight is 270 g/mol. The molecule has 0 saturated heterocycles. The molecule has 1 N–H and O–H groups in total. The summed E-state index contributed by atoms with van der Waals surface area (Å²) in [6.07, 6.45) is 2.93. The average Bonchev–Trinajstić information content (AvgIpc) is 2.13. The molecule has 0 aromatic heterocycles. The second-order valence-corrected chi connectivity index (χ2v) is 7.99. The fourth-order valence-corrected chi connectivity index (χ4v) is 2.55. The van der Waals surface area contributed by atoms with Crippen molar-refractivity contribution in [2.75, 3.05) is 12.4 Å². The molecule has 3 nitrogen and oxygen atoms in total. The van der Waals surface area contributed by atoms with Crippen molar-refractivity contribution in [3.05, 3.63) is 0 Å². The van der Waals surface area contributed by atoms with Crippen molar-refractivity contribution in [2.24, 2.45) is 5.92 Å². The van der Waals surface area contributed by atoms with Crippen LogP contribution in [0.15, 0.2) is 0 Å². The minimum atomic E-state index is -3.22. The monoisotopic (exact) mass is 269 g/mol. The zero-order valence-electron chi connectivity index (χ0n) is 10.7. The third-order valence-corrected chi connectivity index (χ3v) is 4.96. The van der Waals surface area contributed by atoms with E-state index in [1.54, 1.807) is 20.8 Å². The predicted molar refractivity (Wildman–Crippen MR) is 70.4 cm³/mol. The van der Waals surface area contributed by atoms with E-state index in [2.05, 4.69) is 11.6 Å². The first kappa shape index (κ1) is 16.2. The highest BCUT2D eigenvalue weighted by atomic mass is 35.5. The summed E-state index contributed by atoms with van der Waals surface area (Å²) >= 11 is 5.69. The zero-order valence-corrected chi connectivity index (χ0v) is 12.3. The van der Waals surface area contributed by atoms with Gasteiger partial charge in [-0.25, -0.2) is 13.1 Å². The first-order chi connectivity index (χ1) is 7.24. The van der Waals surface area contributed by atoms with E-state index in [1.165, 1.54) is 0 Å². The van der Waals surface area contributed by atoms with E-state index in [4.69, 9.17) is 11.6 Å². The van der Waals surface area contributed by atoms with Crippen LogP contribution in [0.25, 0.3) is 0 Å². The van der Waals surface area contributed by atoms with Crippen molar-refractivity contribution >= 4 is 21.6 Å². The Morgan fingerprint density at radius 1 is 1.25 bits per heavy atom. The van der Waals surface area contributed by atoms with E-state index in [0.717, 1.165) is 19.3 Å². The lowest BCUT2D eigenvalue weighted by Crippen LogP contribution is -2.41. The van der Waals surface area contributed by atoms with Crippen molar-refractivity contribution in [1.82, 2.24) is 4.72 Å². The van der Waals surface area contributed by atoms with Gasteiger partial charge in [0.15, 0.2) is 0 Å². The van der Waals surface area contributed by atoms with Crippen molar-refractivity contribution in [3.8, 4) is 0 Å². The third-order valence-electron chi connectivity index (χ3n) is 2.58. The van der Waals surface area contributed by atoms with E-state index in [0.29, 0.717) is 18.3 Å². The highest BCUT2D eigenvalue weighted by molar-refractivity contribution is 7.90. The molecule has 0 amide bonds. The molecule has 0 aromatic carbocycles. The lowest BCUT2D eigenvalue weighted by molar-refractivity contribution is 0.452. The van der Waals surface area contributed by atoms with E-state index >= 15 is 0 Å². The van der Waals surface area contributed by atoms with E-state index < -0.39 is 14.8 Å². The van der Waals surface area contributed by atoms with Crippen LogP contribution in [0.3, 0.4) is 0 Å². The molecule has 16 heavy (non-hydrogen) atoms.